The predicted molar refractivity (Wildman–Crippen MR) is 159 cm³/mol. The van der Waals surface area contributed by atoms with Crippen molar-refractivity contribution in [2.75, 3.05) is 51.9 Å². The second-order valence-corrected chi connectivity index (χ2v) is 10.5. The maximum Gasteiger partial charge on any atom is 0.338 e. The van der Waals surface area contributed by atoms with Gasteiger partial charge in [0.1, 0.15) is 11.9 Å². The number of pyridine rings is 1. The zero-order chi connectivity index (χ0) is 31.2. The Balaban J connectivity index is 1.22. The monoisotopic (exact) mass is 608 g/mol. The Labute approximate surface area is 253 Å². The Morgan fingerprint density at radius 3 is 2.55 bits per heavy atom. The maximum atomic E-state index is 14.3. The van der Waals surface area contributed by atoms with E-state index in [0.29, 0.717) is 6.54 Å². The highest BCUT2D eigenvalue weighted by Gasteiger charge is 2.43. The summed E-state index contributed by atoms with van der Waals surface area (Å²) in [6.07, 6.45) is 3.58. The molecule has 3 aromatic rings. The number of piperidine rings is 1. The van der Waals surface area contributed by atoms with Crippen LogP contribution in [0.25, 0.3) is 10.8 Å². The number of carbonyl (C=O) groups is 3. The molecule has 1 saturated heterocycles. The summed E-state index contributed by atoms with van der Waals surface area (Å²) in [5.41, 5.74) is -0.0796. The van der Waals surface area contributed by atoms with Gasteiger partial charge in [-0.1, -0.05) is 30.3 Å². The van der Waals surface area contributed by atoms with Gasteiger partial charge in [-0.2, -0.15) is 0 Å². The van der Waals surface area contributed by atoms with E-state index in [2.05, 4.69) is 38.0 Å². The van der Waals surface area contributed by atoms with Crippen LogP contribution >= 0.6 is 0 Å². The molecule has 13 heteroatoms. The van der Waals surface area contributed by atoms with Gasteiger partial charge in [-0.15, -0.1) is 0 Å². The maximum absolute atomic E-state index is 14.3. The summed E-state index contributed by atoms with van der Waals surface area (Å²) in [7, 11) is 2.49. The summed E-state index contributed by atoms with van der Waals surface area (Å²) >= 11 is 0. The van der Waals surface area contributed by atoms with Crippen LogP contribution in [0.3, 0.4) is 0 Å². The molecule has 4 amide bonds. The molecule has 1 aromatic heterocycles. The number of methoxy groups -OCH3 is 2. The molecule has 0 spiro atoms. The van der Waals surface area contributed by atoms with Crippen LogP contribution in [0.2, 0.25) is 0 Å². The van der Waals surface area contributed by atoms with Gasteiger partial charge in [0, 0.05) is 50.9 Å². The zero-order valence-corrected chi connectivity index (χ0v) is 24.4. The number of imide groups is 1. The number of amides is 4. The Hall–Kier alpha value is -4.62. The molecule has 5 rings (SSSR count). The number of anilines is 1. The predicted octanol–water partition coefficient (Wildman–Crippen LogP) is 3.62. The number of rotatable bonds is 9. The number of nitrogens with zero attached hydrogens (tertiary/aromatic N) is 3. The third kappa shape index (κ3) is 6.48. The van der Waals surface area contributed by atoms with E-state index in [1.165, 1.54) is 13.2 Å². The fraction of sp³-hybridized carbons (Fsp3) is 0.355. The molecule has 232 valence electrons. The van der Waals surface area contributed by atoms with Crippen molar-refractivity contribution in [1.29, 1.82) is 0 Å². The average Bonchev–Trinajstić information content (AvgIpc) is 3.04. The van der Waals surface area contributed by atoms with Gasteiger partial charge in [-0.25, -0.2) is 33.0 Å². The smallest absolute Gasteiger partial charge is 0.338 e. The molecule has 44 heavy (non-hydrogen) atoms. The van der Waals surface area contributed by atoms with Crippen molar-refractivity contribution in [2.45, 2.75) is 24.9 Å². The highest BCUT2D eigenvalue weighted by molar-refractivity contribution is 6.01. The van der Waals surface area contributed by atoms with E-state index in [9.17, 15) is 23.2 Å². The van der Waals surface area contributed by atoms with Crippen molar-refractivity contribution >= 4 is 34.6 Å². The quantitative estimate of drug-likeness (QED) is 0.249. The van der Waals surface area contributed by atoms with Crippen LogP contribution in [0.5, 0.6) is 0 Å². The summed E-state index contributed by atoms with van der Waals surface area (Å²) in [5.74, 6) is -2.21. The van der Waals surface area contributed by atoms with Gasteiger partial charge in [0.15, 0.2) is 11.6 Å². The lowest BCUT2D eigenvalue weighted by Gasteiger charge is -2.37. The molecule has 2 aromatic carbocycles. The lowest BCUT2D eigenvalue weighted by molar-refractivity contribution is -0.137. The third-order valence-corrected chi connectivity index (χ3v) is 7.79. The number of aromatic nitrogens is 1. The number of esters is 1. The molecular weight excluding hydrogens is 574 g/mol. The van der Waals surface area contributed by atoms with Crippen LogP contribution in [-0.2, 0) is 14.3 Å². The molecule has 1 fully saturated rings. The number of carbonyl (C=O) groups excluding carboxylic acids is 3. The van der Waals surface area contributed by atoms with E-state index in [-0.39, 0.29) is 36.0 Å². The minimum atomic E-state index is -1.39. The molecule has 11 nitrogen and oxygen atoms in total. The van der Waals surface area contributed by atoms with Gasteiger partial charge in [-0.3, -0.25) is 0 Å². The first-order valence-corrected chi connectivity index (χ1v) is 14.3. The van der Waals surface area contributed by atoms with Crippen molar-refractivity contribution in [3.8, 4) is 0 Å². The number of urea groups is 2. The molecule has 3 heterocycles. The molecule has 0 saturated carbocycles. The summed E-state index contributed by atoms with van der Waals surface area (Å²) in [6, 6.07) is 10.2. The van der Waals surface area contributed by atoms with Crippen molar-refractivity contribution < 1.29 is 32.6 Å². The molecule has 3 N–H and O–H groups in total. The van der Waals surface area contributed by atoms with Crippen LogP contribution in [0, 0.1) is 11.6 Å². The number of halogens is 2. The van der Waals surface area contributed by atoms with E-state index >= 15 is 0 Å². The zero-order valence-electron chi connectivity index (χ0n) is 24.4. The highest BCUT2D eigenvalue weighted by atomic mass is 19.2. The molecule has 1 unspecified atom stereocenters. The molecule has 1 atom stereocenters. The van der Waals surface area contributed by atoms with Crippen LogP contribution in [0.1, 0.15) is 24.4 Å². The summed E-state index contributed by atoms with van der Waals surface area (Å²) in [4.78, 5) is 47.0. The molecule has 2 aliphatic heterocycles. The fourth-order valence-corrected chi connectivity index (χ4v) is 5.66. The summed E-state index contributed by atoms with van der Waals surface area (Å²) in [5, 5.41) is 10.9. The van der Waals surface area contributed by atoms with Gasteiger partial charge in [0.25, 0.3) is 0 Å². The number of benzene rings is 2. The molecule has 0 bridgehead atoms. The Kier molecular flexibility index (Phi) is 9.65. The van der Waals surface area contributed by atoms with Gasteiger partial charge in [0.05, 0.1) is 25.0 Å². The van der Waals surface area contributed by atoms with Gasteiger partial charge in [-0.05, 0) is 42.0 Å². The van der Waals surface area contributed by atoms with E-state index < -0.39 is 35.7 Å². The van der Waals surface area contributed by atoms with E-state index in [1.807, 2.05) is 24.4 Å². The summed E-state index contributed by atoms with van der Waals surface area (Å²) in [6.45, 7) is 2.04. The minimum Gasteiger partial charge on any atom is -0.466 e. The molecular formula is C31H34F2N6O5. The molecule has 0 aliphatic carbocycles. The second-order valence-electron chi connectivity index (χ2n) is 10.5. The largest absolute Gasteiger partial charge is 0.466 e. The van der Waals surface area contributed by atoms with Crippen molar-refractivity contribution in [3.05, 3.63) is 83.2 Å². The second kappa shape index (κ2) is 13.8. The normalized spacial score (nSPS) is 17.5. The number of nitrogens with one attached hydrogen (secondary N) is 3. The van der Waals surface area contributed by atoms with Crippen LogP contribution in [0.15, 0.2) is 66.0 Å². The third-order valence-electron chi connectivity index (χ3n) is 7.79. The number of ether oxygens (including phenoxy) is 2. The number of hydrogen-bond donors (Lipinski definition) is 3. The fourth-order valence-electron chi connectivity index (χ4n) is 5.66. The summed E-state index contributed by atoms with van der Waals surface area (Å²) < 4.78 is 38.1. The van der Waals surface area contributed by atoms with E-state index in [4.69, 9.17) is 9.47 Å². The first-order valence-electron chi connectivity index (χ1n) is 14.3. The number of fused-ring (bicyclic) bond motifs is 1. The van der Waals surface area contributed by atoms with Gasteiger partial charge in [0.2, 0.25) is 0 Å². The number of hydrogen-bond acceptors (Lipinski definition) is 8. The Morgan fingerprint density at radius 1 is 1.05 bits per heavy atom. The lowest BCUT2D eigenvalue weighted by Crippen LogP contribution is -2.56. The topological polar surface area (TPSA) is 125 Å². The van der Waals surface area contributed by atoms with E-state index in [0.717, 1.165) is 66.7 Å². The van der Waals surface area contributed by atoms with E-state index in [1.54, 1.807) is 0 Å². The first kappa shape index (κ1) is 30.8. The van der Waals surface area contributed by atoms with Crippen molar-refractivity contribution in [1.82, 2.24) is 25.8 Å². The Bertz CT molecular complexity index is 1570. The SMILES string of the molecule is COCC1=C(C(=O)OC)C(c2ccc(F)c(F)c2)N(C(=O)NCCNC2CCN(c3nccc4ccccc34)CC2)C(=O)N1. The highest BCUT2D eigenvalue weighted by Crippen LogP contribution is 2.35. The van der Waals surface area contributed by atoms with Crippen LogP contribution in [-0.4, -0.2) is 81.0 Å². The van der Waals surface area contributed by atoms with Gasteiger partial charge >= 0.3 is 18.0 Å². The first-order chi connectivity index (χ1) is 21.3. The van der Waals surface area contributed by atoms with Crippen molar-refractivity contribution in [2.24, 2.45) is 0 Å². The van der Waals surface area contributed by atoms with Crippen molar-refractivity contribution in [3.63, 3.8) is 0 Å². The molecule has 2 aliphatic rings. The van der Waals surface area contributed by atoms with Crippen LogP contribution < -0.4 is 20.9 Å². The minimum absolute atomic E-state index is 0.00784. The molecule has 0 radical (unpaired) electrons. The lowest BCUT2D eigenvalue weighted by atomic mass is 9.93. The Morgan fingerprint density at radius 2 is 1.82 bits per heavy atom. The van der Waals surface area contributed by atoms with Gasteiger partial charge < -0.3 is 30.3 Å². The standard InChI is InChI=1S/C31H34F2N6O5/c1-43-18-25-26(29(40)44-2)27(20-7-8-23(32)24(33)17-20)39(31(42)37-25)30(41)36-14-13-34-21-10-15-38(16-11-21)28-22-6-4-3-5-19(22)9-12-35-28/h3-9,12,17,21,27,34H,10-11,13-16,18H2,1-2H3,(H,36,41)(H,37,42). The average molecular weight is 609 g/mol. The van der Waals surface area contributed by atoms with Crippen LogP contribution in [0.4, 0.5) is 24.2 Å².